The van der Waals surface area contributed by atoms with E-state index in [2.05, 4.69) is 4.18 Å². The molecule has 4 N–H and O–H groups in total. The van der Waals surface area contributed by atoms with Crippen LogP contribution in [0.25, 0.3) is 0 Å². The molecule has 0 aliphatic rings. The number of carbonyl (C=O) groups is 1. The van der Waals surface area contributed by atoms with Crippen molar-refractivity contribution in [2.45, 2.75) is 0 Å². The van der Waals surface area contributed by atoms with E-state index >= 15 is 0 Å². The van der Waals surface area contributed by atoms with Crippen molar-refractivity contribution in [2.24, 2.45) is 0 Å². The monoisotopic (exact) mass is 311 g/mol. The average molecular weight is 311 g/mol. The molecule has 2 aromatic rings. The van der Waals surface area contributed by atoms with Crippen LogP contribution in [0, 0.1) is 0 Å². The maximum absolute atomic E-state index is 10.6. The molecule has 0 saturated heterocycles. The van der Waals surface area contributed by atoms with Crippen molar-refractivity contribution in [1.29, 1.82) is 0 Å². The highest BCUT2D eigenvalue weighted by atomic mass is 32.3. The number of benzene rings is 2. The van der Waals surface area contributed by atoms with Crippen LogP contribution in [0.2, 0.25) is 0 Å². The summed E-state index contributed by atoms with van der Waals surface area (Å²) in [6.45, 7) is 0. The summed E-state index contributed by atoms with van der Waals surface area (Å²) in [6, 6.07) is 14.5. The number of rotatable bonds is 3. The minimum Gasteiger partial charge on any atom is -0.478 e. The van der Waals surface area contributed by atoms with E-state index in [0.29, 0.717) is 0 Å². The van der Waals surface area contributed by atoms with Gasteiger partial charge in [-0.3, -0.25) is 4.55 Å². The highest BCUT2D eigenvalue weighted by Gasteiger charge is 2.15. The maximum Gasteiger partial charge on any atom is 0.446 e. The second-order valence-electron chi connectivity index (χ2n) is 3.72. The molecule has 21 heavy (non-hydrogen) atoms. The second kappa shape index (κ2) is 7.27. The highest BCUT2D eigenvalue weighted by Crippen LogP contribution is 2.18. The normalized spacial score (nSPS) is 10.1. The van der Waals surface area contributed by atoms with E-state index in [1.165, 1.54) is 12.1 Å². The Balaban J connectivity index is 0.000000262. The van der Waals surface area contributed by atoms with Crippen LogP contribution in [-0.2, 0) is 10.4 Å². The molecule has 0 aliphatic carbocycles. The van der Waals surface area contributed by atoms with Crippen molar-refractivity contribution in [2.75, 3.05) is 5.73 Å². The minimum atomic E-state index is -4.70. The van der Waals surface area contributed by atoms with Gasteiger partial charge >= 0.3 is 16.4 Å². The zero-order valence-electron chi connectivity index (χ0n) is 10.7. The molecule has 0 heterocycles. The Labute approximate surface area is 121 Å². The lowest BCUT2D eigenvalue weighted by molar-refractivity contribution is 0.0695. The van der Waals surface area contributed by atoms with Gasteiger partial charge in [-0.05, 0) is 24.3 Å². The van der Waals surface area contributed by atoms with Gasteiger partial charge in [0, 0.05) is 5.69 Å². The highest BCUT2D eigenvalue weighted by molar-refractivity contribution is 7.81. The molecule has 2 rings (SSSR count). The number of carboxylic acids is 1. The number of carboxylic acid groups (broad SMARTS) is 1. The van der Waals surface area contributed by atoms with Gasteiger partial charge in [-0.2, -0.15) is 8.42 Å². The molecule has 0 amide bonds. The summed E-state index contributed by atoms with van der Waals surface area (Å²) in [7, 11) is -4.70. The Morgan fingerprint density at radius 2 is 1.52 bits per heavy atom. The van der Waals surface area contributed by atoms with Crippen LogP contribution in [0.15, 0.2) is 54.6 Å². The van der Waals surface area contributed by atoms with Gasteiger partial charge in [0.05, 0.1) is 0 Å². The van der Waals surface area contributed by atoms with Crippen LogP contribution in [0.5, 0.6) is 5.75 Å². The number of aromatic carboxylic acids is 1. The largest absolute Gasteiger partial charge is 0.478 e. The zero-order valence-corrected chi connectivity index (χ0v) is 11.5. The smallest absolute Gasteiger partial charge is 0.446 e. The summed E-state index contributed by atoms with van der Waals surface area (Å²) in [5, 5.41) is 8.61. The lowest BCUT2D eigenvalue weighted by atomic mass is 10.2. The van der Waals surface area contributed by atoms with Gasteiger partial charge in [0.2, 0.25) is 0 Å². The topological polar surface area (TPSA) is 127 Å². The van der Waals surface area contributed by atoms with Crippen LogP contribution in [0.4, 0.5) is 5.69 Å². The van der Waals surface area contributed by atoms with Crippen molar-refractivity contribution in [3.63, 3.8) is 0 Å². The standard InChI is InChI=1S/C7H6O6S.C6H7N/c8-7(9)5-3-1-2-4-6(5)13-14(10,11)12;7-6-4-2-1-3-5-6/h1-4H,(H,8,9)(H,10,11,12);1-5H,7H2. The van der Waals surface area contributed by atoms with Gasteiger partial charge in [0.15, 0.2) is 5.75 Å². The van der Waals surface area contributed by atoms with Gasteiger partial charge in [-0.25, -0.2) is 4.79 Å². The zero-order chi connectivity index (χ0) is 15.9. The Hall–Kier alpha value is -2.58. The molecular weight excluding hydrogens is 298 g/mol. The molecule has 0 aliphatic heterocycles. The summed E-state index contributed by atoms with van der Waals surface area (Å²) in [4.78, 5) is 10.6. The van der Waals surface area contributed by atoms with Crippen LogP contribution >= 0.6 is 0 Å². The lowest BCUT2D eigenvalue weighted by Gasteiger charge is -2.03. The Morgan fingerprint density at radius 3 is 1.95 bits per heavy atom. The summed E-state index contributed by atoms with van der Waals surface area (Å²) in [6.07, 6.45) is 0. The van der Waals surface area contributed by atoms with E-state index in [9.17, 15) is 13.2 Å². The molecule has 0 radical (unpaired) electrons. The van der Waals surface area contributed by atoms with Crippen molar-refractivity contribution in [1.82, 2.24) is 0 Å². The molecule has 2 aromatic carbocycles. The third-order valence-electron chi connectivity index (χ3n) is 2.11. The molecule has 112 valence electrons. The number of anilines is 1. The van der Waals surface area contributed by atoms with Crippen LogP contribution in [-0.4, -0.2) is 24.0 Å². The molecule has 7 nitrogen and oxygen atoms in total. The van der Waals surface area contributed by atoms with Gasteiger partial charge in [-0.15, -0.1) is 0 Å². The SMILES string of the molecule is Nc1ccccc1.O=C(O)c1ccccc1OS(=O)(=O)O. The maximum atomic E-state index is 10.6. The third kappa shape index (κ3) is 6.41. The third-order valence-corrected chi connectivity index (χ3v) is 2.50. The molecular formula is C13H13NO6S. The summed E-state index contributed by atoms with van der Waals surface area (Å²) < 4.78 is 33.0. The second-order valence-corrected chi connectivity index (χ2v) is 4.75. The van der Waals surface area contributed by atoms with Crippen molar-refractivity contribution >= 4 is 22.1 Å². The molecule has 0 unspecified atom stereocenters. The summed E-state index contributed by atoms with van der Waals surface area (Å²) in [5.74, 6) is -1.77. The fraction of sp³-hybridized carbons (Fsp3) is 0. The predicted molar refractivity (Wildman–Crippen MR) is 76.4 cm³/mol. The van der Waals surface area contributed by atoms with Crippen LogP contribution in [0.3, 0.4) is 0 Å². The van der Waals surface area contributed by atoms with E-state index in [1.54, 1.807) is 0 Å². The number of hydrogen-bond acceptors (Lipinski definition) is 5. The van der Waals surface area contributed by atoms with Gasteiger partial charge in [0.25, 0.3) is 0 Å². The quantitative estimate of drug-likeness (QED) is 0.583. The molecule has 0 atom stereocenters. The average Bonchev–Trinajstić information content (AvgIpc) is 2.39. The van der Waals surface area contributed by atoms with Crippen molar-refractivity contribution < 1.29 is 27.1 Å². The van der Waals surface area contributed by atoms with Crippen LogP contribution in [0.1, 0.15) is 10.4 Å². The summed E-state index contributed by atoms with van der Waals surface area (Å²) >= 11 is 0. The molecule has 0 fully saturated rings. The van der Waals surface area contributed by atoms with Gasteiger partial charge in [0.1, 0.15) is 5.56 Å². The Kier molecular flexibility index (Phi) is 5.70. The van der Waals surface area contributed by atoms with E-state index in [1.807, 2.05) is 30.3 Å². The first-order chi connectivity index (χ1) is 9.79. The van der Waals surface area contributed by atoms with Gasteiger partial charge in [-0.1, -0.05) is 30.3 Å². The van der Waals surface area contributed by atoms with Gasteiger partial charge < -0.3 is 15.0 Å². The molecule has 0 spiro atoms. The minimum absolute atomic E-state index is 0.342. The molecule has 0 saturated carbocycles. The molecule has 0 aromatic heterocycles. The Bertz CT molecular complexity index is 700. The van der Waals surface area contributed by atoms with Crippen molar-refractivity contribution in [3.8, 4) is 5.75 Å². The number of nitrogens with two attached hydrogens (primary N) is 1. The molecule has 8 heteroatoms. The lowest BCUT2D eigenvalue weighted by Crippen LogP contribution is -2.10. The van der Waals surface area contributed by atoms with Crippen molar-refractivity contribution in [3.05, 3.63) is 60.2 Å². The first-order valence-corrected chi connectivity index (χ1v) is 6.96. The van der Waals surface area contributed by atoms with E-state index < -0.39 is 22.1 Å². The number of para-hydroxylation sites is 2. The van der Waals surface area contributed by atoms with Crippen LogP contribution < -0.4 is 9.92 Å². The molecule has 0 bridgehead atoms. The fourth-order valence-corrected chi connectivity index (χ4v) is 1.65. The van der Waals surface area contributed by atoms with E-state index in [-0.39, 0.29) is 5.56 Å². The first-order valence-electron chi connectivity index (χ1n) is 5.59. The first kappa shape index (κ1) is 16.5. The van der Waals surface area contributed by atoms with E-state index in [0.717, 1.165) is 17.8 Å². The number of hydrogen-bond donors (Lipinski definition) is 3. The fourth-order valence-electron chi connectivity index (χ4n) is 1.28. The Morgan fingerprint density at radius 1 is 1.00 bits per heavy atom. The predicted octanol–water partition coefficient (Wildman–Crippen LogP) is 1.84. The van der Waals surface area contributed by atoms with E-state index in [4.69, 9.17) is 15.4 Å². The summed E-state index contributed by atoms with van der Waals surface area (Å²) in [5.41, 5.74) is 5.84. The number of nitrogen functional groups attached to an aromatic ring is 1.